The van der Waals surface area contributed by atoms with Crippen molar-refractivity contribution in [3.8, 4) is 0 Å². The van der Waals surface area contributed by atoms with E-state index in [9.17, 15) is 19.7 Å². The van der Waals surface area contributed by atoms with Gasteiger partial charge in [0.25, 0.3) is 0 Å². The molecule has 0 radical (unpaired) electrons. The largest absolute Gasteiger partial charge is 0.460 e. The average molecular weight is 310 g/mol. The first-order valence-electron chi connectivity index (χ1n) is 8.04. The van der Waals surface area contributed by atoms with Crippen LogP contribution in [0.5, 0.6) is 0 Å². The van der Waals surface area contributed by atoms with Crippen LogP contribution in [-0.4, -0.2) is 35.0 Å². The number of nitrogens with one attached hydrogen (secondary N) is 1. The molecule has 122 valence electrons. The normalized spacial score (nSPS) is 36.7. The molecule has 1 amide bonds. The number of hydrogen-bond donors (Lipinski definition) is 1. The minimum atomic E-state index is -1.95. The highest BCUT2D eigenvalue weighted by atomic mass is 16.6. The molecule has 4 fully saturated rings. The van der Waals surface area contributed by atoms with Gasteiger partial charge in [0.15, 0.2) is 0 Å². The Labute approximate surface area is 128 Å². The fourth-order valence-electron chi connectivity index (χ4n) is 5.10. The van der Waals surface area contributed by atoms with Crippen LogP contribution in [0, 0.1) is 27.9 Å². The molecule has 0 aromatic carbocycles. The summed E-state index contributed by atoms with van der Waals surface area (Å²) in [5.41, 5.74) is -0.341. The Morgan fingerprint density at radius 2 is 1.73 bits per heavy atom. The van der Waals surface area contributed by atoms with Gasteiger partial charge in [-0.2, -0.15) is 0 Å². The first-order valence-corrected chi connectivity index (χ1v) is 8.04. The lowest BCUT2D eigenvalue weighted by atomic mass is 9.53. The van der Waals surface area contributed by atoms with E-state index in [4.69, 9.17) is 0 Å². The summed E-state index contributed by atoms with van der Waals surface area (Å²) in [6, 6.07) is -1.95. The predicted molar refractivity (Wildman–Crippen MR) is 76.5 cm³/mol. The lowest BCUT2D eigenvalue weighted by Crippen LogP contribution is -2.62. The smallest absolute Gasteiger partial charge is 0.392 e. The second-order valence-corrected chi connectivity index (χ2v) is 7.13. The third kappa shape index (κ3) is 2.68. The van der Waals surface area contributed by atoms with E-state index in [1.807, 2.05) is 0 Å². The number of nitrogens with zero attached hydrogens (tertiary/aromatic N) is 1. The summed E-state index contributed by atoms with van der Waals surface area (Å²) in [7, 11) is 0. The first-order chi connectivity index (χ1) is 10.4. The molecular weight excluding hydrogens is 288 g/mol. The van der Waals surface area contributed by atoms with Crippen LogP contribution in [0.4, 0.5) is 0 Å². The van der Waals surface area contributed by atoms with Crippen molar-refractivity contribution < 1.29 is 19.2 Å². The summed E-state index contributed by atoms with van der Waals surface area (Å²) >= 11 is 0. The van der Waals surface area contributed by atoms with Crippen molar-refractivity contribution in [1.29, 1.82) is 0 Å². The van der Waals surface area contributed by atoms with Crippen molar-refractivity contribution in [2.24, 2.45) is 17.8 Å². The minimum Gasteiger partial charge on any atom is -0.460 e. The molecule has 0 aromatic heterocycles. The predicted octanol–water partition coefficient (Wildman–Crippen LogP) is 1.28. The van der Waals surface area contributed by atoms with Crippen LogP contribution in [0.15, 0.2) is 0 Å². The fourth-order valence-corrected chi connectivity index (χ4v) is 5.10. The van der Waals surface area contributed by atoms with Gasteiger partial charge < -0.3 is 10.1 Å². The molecule has 4 aliphatic carbocycles. The van der Waals surface area contributed by atoms with Gasteiger partial charge in [0, 0.05) is 10.5 Å². The van der Waals surface area contributed by atoms with E-state index in [2.05, 4.69) is 10.1 Å². The summed E-state index contributed by atoms with van der Waals surface area (Å²) < 4.78 is 4.67. The van der Waals surface area contributed by atoms with E-state index in [1.165, 1.54) is 19.3 Å². The molecule has 0 aromatic rings. The van der Waals surface area contributed by atoms with E-state index in [1.54, 1.807) is 6.92 Å². The van der Waals surface area contributed by atoms with Crippen LogP contribution >= 0.6 is 0 Å². The number of carbonyl (C=O) groups excluding carboxylic acids is 2. The number of hydrogen-bond acceptors (Lipinski definition) is 5. The second kappa shape index (κ2) is 5.52. The maximum atomic E-state index is 12.3. The Hall–Kier alpha value is -1.66. The topological polar surface area (TPSA) is 98.5 Å². The highest BCUT2D eigenvalue weighted by Crippen LogP contribution is 2.55. The van der Waals surface area contributed by atoms with Crippen molar-refractivity contribution in [1.82, 2.24) is 5.32 Å². The highest BCUT2D eigenvalue weighted by Gasteiger charge is 2.53. The molecule has 7 nitrogen and oxygen atoms in total. The van der Waals surface area contributed by atoms with Gasteiger partial charge in [-0.15, -0.1) is 0 Å². The zero-order valence-electron chi connectivity index (χ0n) is 12.7. The van der Waals surface area contributed by atoms with Gasteiger partial charge in [-0.05, 0) is 63.2 Å². The number of amides is 1. The molecule has 4 saturated carbocycles. The van der Waals surface area contributed by atoms with E-state index in [-0.39, 0.29) is 12.1 Å². The zero-order valence-corrected chi connectivity index (χ0v) is 12.7. The third-order valence-electron chi connectivity index (χ3n) is 5.40. The van der Waals surface area contributed by atoms with E-state index < -0.39 is 22.8 Å². The standard InChI is InChI=1S/C15H22N2O5/c1-2-22-14(19)12(17(20)21)13(18)16-15-6-9-3-10(7-15)5-11(4-9)8-15/h9-12H,2-8H2,1H3,(H,16,18)/t9?,10?,11?,12-,15?/m0/s1. The molecule has 0 aliphatic heterocycles. The SMILES string of the molecule is CCOC(=O)[C@H](C(=O)NC12CC3CC(CC(C3)C1)C2)[N+](=O)[O-]. The van der Waals surface area contributed by atoms with Crippen LogP contribution in [0.1, 0.15) is 45.4 Å². The Kier molecular flexibility index (Phi) is 3.82. The minimum absolute atomic E-state index is 0.0216. The highest BCUT2D eigenvalue weighted by molar-refractivity contribution is 6.00. The summed E-state index contributed by atoms with van der Waals surface area (Å²) in [6.07, 6.45) is 6.30. The van der Waals surface area contributed by atoms with Crippen molar-refractivity contribution in [2.45, 2.75) is 57.0 Å². The van der Waals surface area contributed by atoms with Gasteiger partial charge in [0.05, 0.1) is 6.61 Å². The molecule has 0 unspecified atom stereocenters. The molecule has 22 heavy (non-hydrogen) atoms. The van der Waals surface area contributed by atoms with Gasteiger partial charge in [-0.1, -0.05) is 0 Å². The quantitative estimate of drug-likeness (QED) is 0.357. The maximum absolute atomic E-state index is 12.3. The van der Waals surface area contributed by atoms with Crippen molar-refractivity contribution in [3.63, 3.8) is 0 Å². The zero-order chi connectivity index (χ0) is 15.9. The van der Waals surface area contributed by atoms with Crippen LogP contribution in [0.3, 0.4) is 0 Å². The Bertz CT molecular complexity index is 469. The number of rotatable bonds is 5. The maximum Gasteiger partial charge on any atom is 0.392 e. The number of nitro groups is 1. The molecular formula is C15H22N2O5. The van der Waals surface area contributed by atoms with Crippen molar-refractivity contribution in [2.75, 3.05) is 6.61 Å². The van der Waals surface area contributed by atoms with Crippen molar-refractivity contribution in [3.05, 3.63) is 10.1 Å². The van der Waals surface area contributed by atoms with Gasteiger partial charge >= 0.3 is 17.9 Å². The van der Waals surface area contributed by atoms with E-state index in [0.29, 0.717) is 17.8 Å². The first kappa shape index (κ1) is 15.2. The summed E-state index contributed by atoms with van der Waals surface area (Å²) in [6.45, 7) is 1.58. The van der Waals surface area contributed by atoms with Crippen LogP contribution < -0.4 is 5.32 Å². The number of carbonyl (C=O) groups is 2. The number of ether oxygens (including phenoxy) is 1. The molecule has 7 heteroatoms. The van der Waals surface area contributed by atoms with E-state index >= 15 is 0 Å². The van der Waals surface area contributed by atoms with Crippen LogP contribution in [0.25, 0.3) is 0 Å². The Morgan fingerprint density at radius 3 is 2.14 bits per heavy atom. The van der Waals surface area contributed by atoms with Gasteiger partial charge in [0.2, 0.25) is 0 Å². The molecule has 0 spiro atoms. The lowest BCUT2D eigenvalue weighted by Gasteiger charge is -2.56. The molecule has 0 heterocycles. The molecule has 0 saturated heterocycles. The monoisotopic (exact) mass is 310 g/mol. The Morgan fingerprint density at radius 1 is 1.23 bits per heavy atom. The third-order valence-corrected chi connectivity index (χ3v) is 5.40. The number of esters is 1. The van der Waals surface area contributed by atoms with Gasteiger partial charge in [-0.3, -0.25) is 14.9 Å². The molecule has 1 N–H and O–H groups in total. The van der Waals surface area contributed by atoms with Crippen molar-refractivity contribution >= 4 is 11.9 Å². The van der Waals surface area contributed by atoms with Gasteiger partial charge in [0.1, 0.15) is 0 Å². The van der Waals surface area contributed by atoms with Gasteiger partial charge in [-0.25, -0.2) is 4.79 Å². The summed E-state index contributed by atoms with van der Waals surface area (Å²) in [5.74, 6) is -0.0465. The Balaban J connectivity index is 1.72. The lowest BCUT2D eigenvalue weighted by molar-refractivity contribution is -0.497. The summed E-state index contributed by atoms with van der Waals surface area (Å²) in [4.78, 5) is 34.3. The fraction of sp³-hybridized carbons (Fsp3) is 0.867. The van der Waals surface area contributed by atoms with Crippen LogP contribution in [-0.2, 0) is 14.3 Å². The summed E-state index contributed by atoms with van der Waals surface area (Å²) in [5, 5.41) is 14.0. The molecule has 4 bridgehead atoms. The molecule has 4 aliphatic rings. The second-order valence-electron chi connectivity index (χ2n) is 7.13. The average Bonchev–Trinajstić information content (AvgIpc) is 2.35. The van der Waals surface area contributed by atoms with Crippen LogP contribution in [0.2, 0.25) is 0 Å². The molecule has 1 atom stereocenters. The van der Waals surface area contributed by atoms with E-state index in [0.717, 1.165) is 19.3 Å². The molecule has 4 rings (SSSR count).